The fourth-order valence-corrected chi connectivity index (χ4v) is 2.44. The number of carbonyl (C=O) groups is 1. The molecule has 0 fully saturated rings. The van der Waals surface area contributed by atoms with Gasteiger partial charge in [0, 0.05) is 18.8 Å². The van der Waals surface area contributed by atoms with E-state index in [0.29, 0.717) is 0 Å². The highest BCUT2D eigenvalue weighted by Gasteiger charge is 2.26. The molecule has 1 aromatic rings. The highest BCUT2D eigenvalue weighted by atomic mass is 16.1. The van der Waals surface area contributed by atoms with Crippen molar-refractivity contribution in [2.75, 3.05) is 18.0 Å². The molecule has 3 nitrogen and oxygen atoms in total. The Kier molecular flexibility index (Phi) is 3.67. The van der Waals surface area contributed by atoms with E-state index in [-0.39, 0.29) is 11.8 Å². The van der Waals surface area contributed by atoms with Gasteiger partial charge in [-0.2, -0.15) is 0 Å². The maximum Gasteiger partial charge on any atom is 0.222 e. The first-order valence-corrected chi connectivity index (χ1v) is 6.34. The number of para-hydroxylation sites is 1. The number of rotatable bonds is 4. The van der Waals surface area contributed by atoms with Crippen molar-refractivity contribution < 1.29 is 4.79 Å². The predicted molar refractivity (Wildman–Crippen MR) is 70.0 cm³/mol. The lowest BCUT2D eigenvalue weighted by Gasteiger charge is -2.35. The zero-order chi connectivity index (χ0) is 12.3. The number of amides is 1. The van der Waals surface area contributed by atoms with Crippen LogP contribution < -0.4 is 10.6 Å². The normalized spacial score (nSPS) is 18.9. The van der Waals surface area contributed by atoms with Crippen molar-refractivity contribution in [2.24, 2.45) is 11.7 Å². The van der Waals surface area contributed by atoms with E-state index in [4.69, 9.17) is 5.73 Å². The molecule has 17 heavy (non-hydrogen) atoms. The van der Waals surface area contributed by atoms with E-state index in [9.17, 15) is 4.79 Å². The number of hydrogen-bond acceptors (Lipinski definition) is 2. The minimum absolute atomic E-state index is 0.0400. The van der Waals surface area contributed by atoms with E-state index in [0.717, 1.165) is 25.9 Å². The summed E-state index contributed by atoms with van der Waals surface area (Å²) in [5, 5.41) is 0. The molecule has 0 bridgehead atoms. The predicted octanol–water partition coefficient (Wildman–Crippen LogP) is 1.95. The summed E-state index contributed by atoms with van der Waals surface area (Å²) < 4.78 is 0. The molecular formula is C14H20N2O. The topological polar surface area (TPSA) is 46.3 Å². The van der Waals surface area contributed by atoms with Crippen LogP contribution in [-0.2, 0) is 11.2 Å². The number of anilines is 1. The van der Waals surface area contributed by atoms with Crippen molar-refractivity contribution in [1.82, 2.24) is 0 Å². The van der Waals surface area contributed by atoms with Crippen molar-refractivity contribution in [2.45, 2.75) is 26.2 Å². The van der Waals surface area contributed by atoms with Crippen LogP contribution >= 0.6 is 0 Å². The summed E-state index contributed by atoms with van der Waals surface area (Å²) in [5.41, 5.74) is 7.97. The first kappa shape index (κ1) is 12.0. The van der Waals surface area contributed by atoms with Gasteiger partial charge < -0.3 is 10.6 Å². The first-order valence-electron chi connectivity index (χ1n) is 6.34. The lowest BCUT2D eigenvalue weighted by Crippen LogP contribution is -2.41. The lowest BCUT2D eigenvalue weighted by molar-refractivity contribution is -0.121. The Morgan fingerprint density at radius 2 is 2.24 bits per heavy atom. The second-order valence-electron chi connectivity index (χ2n) is 4.73. The van der Waals surface area contributed by atoms with Crippen molar-refractivity contribution in [3.63, 3.8) is 0 Å². The molecule has 1 amide bonds. The molecule has 2 N–H and O–H groups in total. The van der Waals surface area contributed by atoms with Gasteiger partial charge in [0.25, 0.3) is 0 Å². The van der Waals surface area contributed by atoms with E-state index < -0.39 is 0 Å². The van der Waals surface area contributed by atoms with Gasteiger partial charge in [0.2, 0.25) is 5.91 Å². The third kappa shape index (κ3) is 2.60. The van der Waals surface area contributed by atoms with Crippen LogP contribution in [0.1, 0.15) is 25.3 Å². The maximum atomic E-state index is 11.4. The number of fused-ring (bicyclic) bond motifs is 1. The van der Waals surface area contributed by atoms with Gasteiger partial charge in [-0.25, -0.2) is 0 Å². The van der Waals surface area contributed by atoms with E-state index in [1.165, 1.54) is 17.7 Å². The summed E-state index contributed by atoms with van der Waals surface area (Å²) in [5.74, 6) is -0.220. The smallest absolute Gasteiger partial charge is 0.222 e. The lowest BCUT2D eigenvalue weighted by atomic mass is 9.92. The van der Waals surface area contributed by atoms with Crippen LogP contribution in [0.4, 0.5) is 5.69 Å². The molecule has 1 aliphatic heterocycles. The van der Waals surface area contributed by atoms with Crippen LogP contribution in [0.2, 0.25) is 0 Å². The average Bonchev–Trinajstić information content (AvgIpc) is 2.35. The monoisotopic (exact) mass is 232 g/mol. The molecule has 0 spiro atoms. The van der Waals surface area contributed by atoms with Crippen molar-refractivity contribution >= 4 is 11.6 Å². The van der Waals surface area contributed by atoms with E-state index in [1.807, 2.05) is 6.07 Å². The van der Waals surface area contributed by atoms with Crippen LogP contribution in [-0.4, -0.2) is 19.0 Å². The second kappa shape index (κ2) is 5.21. The first-order chi connectivity index (χ1) is 8.22. The molecule has 3 heteroatoms. The molecule has 0 aliphatic carbocycles. The molecule has 1 unspecified atom stereocenters. The van der Waals surface area contributed by atoms with Crippen molar-refractivity contribution in [3.05, 3.63) is 29.8 Å². The summed E-state index contributed by atoms with van der Waals surface area (Å²) in [7, 11) is 0. The van der Waals surface area contributed by atoms with Crippen LogP contribution in [0.5, 0.6) is 0 Å². The molecule has 0 radical (unpaired) electrons. The number of nitrogens with zero attached hydrogens (tertiary/aromatic N) is 1. The third-order valence-electron chi connectivity index (χ3n) is 3.42. The summed E-state index contributed by atoms with van der Waals surface area (Å²) >= 11 is 0. The molecule has 1 aromatic carbocycles. The molecule has 1 heterocycles. The van der Waals surface area contributed by atoms with Gasteiger partial charge in [0.1, 0.15) is 0 Å². The van der Waals surface area contributed by atoms with Crippen LogP contribution in [0, 0.1) is 5.92 Å². The Hall–Kier alpha value is -1.51. The van der Waals surface area contributed by atoms with E-state index in [1.54, 1.807) is 0 Å². The van der Waals surface area contributed by atoms with E-state index >= 15 is 0 Å². The molecule has 0 saturated carbocycles. The highest BCUT2D eigenvalue weighted by Crippen LogP contribution is 2.29. The van der Waals surface area contributed by atoms with Gasteiger partial charge in [-0.15, -0.1) is 0 Å². The SMILES string of the molecule is CCCCN1CC(C(N)=O)Cc2ccccc21. The summed E-state index contributed by atoms with van der Waals surface area (Å²) in [6.45, 7) is 3.96. The van der Waals surface area contributed by atoms with Crippen LogP contribution in [0.15, 0.2) is 24.3 Å². The van der Waals surface area contributed by atoms with Crippen molar-refractivity contribution in [1.29, 1.82) is 0 Å². The van der Waals surface area contributed by atoms with E-state index in [2.05, 4.69) is 30.0 Å². The Balaban J connectivity index is 2.22. The Morgan fingerprint density at radius 3 is 2.94 bits per heavy atom. The number of primary amides is 1. The molecule has 0 saturated heterocycles. The largest absolute Gasteiger partial charge is 0.371 e. The molecule has 92 valence electrons. The van der Waals surface area contributed by atoms with Gasteiger partial charge in [-0.1, -0.05) is 31.5 Å². The Labute approximate surface area is 103 Å². The zero-order valence-corrected chi connectivity index (χ0v) is 10.4. The molecule has 0 aromatic heterocycles. The summed E-state index contributed by atoms with van der Waals surface area (Å²) in [6.07, 6.45) is 3.11. The molecule has 1 atom stereocenters. The second-order valence-corrected chi connectivity index (χ2v) is 4.73. The number of benzene rings is 1. The molecule has 1 aliphatic rings. The zero-order valence-electron chi connectivity index (χ0n) is 10.4. The van der Waals surface area contributed by atoms with Gasteiger partial charge in [-0.05, 0) is 24.5 Å². The Morgan fingerprint density at radius 1 is 1.47 bits per heavy atom. The highest BCUT2D eigenvalue weighted by molar-refractivity contribution is 5.79. The average molecular weight is 232 g/mol. The number of carbonyl (C=O) groups excluding carboxylic acids is 1. The van der Waals surface area contributed by atoms with Gasteiger partial charge in [-0.3, -0.25) is 4.79 Å². The summed E-state index contributed by atoms with van der Waals surface area (Å²) in [4.78, 5) is 13.7. The molecular weight excluding hydrogens is 212 g/mol. The van der Waals surface area contributed by atoms with Gasteiger partial charge in [0.05, 0.1) is 5.92 Å². The fraction of sp³-hybridized carbons (Fsp3) is 0.500. The van der Waals surface area contributed by atoms with Crippen molar-refractivity contribution in [3.8, 4) is 0 Å². The third-order valence-corrected chi connectivity index (χ3v) is 3.42. The maximum absolute atomic E-state index is 11.4. The van der Waals surface area contributed by atoms with Gasteiger partial charge in [0.15, 0.2) is 0 Å². The molecule has 2 rings (SSSR count). The quantitative estimate of drug-likeness (QED) is 0.862. The fourth-order valence-electron chi connectivity index (χ4n) is 2.44. The number of nitrogens with two attached hydrogens (primary N) is 1. The van der Waals surface area contributed by atoms with Gasteiger partial charge >= 0.3 is 0 Å². The summed E-state index contributed by atoms with van der Waals surface area (Å²) in [6, 6.07) is 8.33. The minimum Gasteiger partial charge on any atom is -0.371 e. The number of unbranched alkanes of at least 4 members (excludes halogenated alkanes) is 1. The standard InChI is InChI=1S/C14H20N2O/c1-2-3-8-16-10-12(14(15)17)9-11-6-4-5-7-13(11)16/h4-7,12H,2-3,8-10H2,1H3,(H2,15,17). The minimum atomic E-state index is -0.180. The Bertz CT molecular complexity index is 403. The van der Waals surface area contributed by atoms with Crippen LogP contribution in [0.25, 0.3) is 0 Å². The number of hydrogen-bond donors (Lipinski definition) is 1. The van der Waals surface area contributed by atoms with Crippen LogP contribution in [0.3, 0.4) is 0 Å².